The van der Waals surface area contributed by atoms with Gasteiger partial charge in [-0.3, -0.25) is 4.79 Å². The van der Waals surface area contributed by atoms with Gasteiger partial charge in [0.25, 0.3) is 0 Å². The molecular formula is C18H22N2O. The predicted molar refractivity (Wildman–Crippen MR) is 87.0 cm³/mol. The monoisotopic (exact) mass is 282 g/mol. The van der Waals surface area contributed by atoms with Crippen LogP contribution in [-0.4, -0.2) is 12.5 Å². The van der Waals surface area contributed by atoms with Crippen LogP contribution in [-0.2, 0) is 11.2 Å². The van der Waals surface area contributed by atoms with E-state index in [2.05, 4.69) is 24.4 Å². The molecule has 0 radical (unpaired) electrons. The van der Waals surface area contributed by atoms with Gasteiger partial charge in [0, 0.05) is 12.2 Å². The average molecular weight is 282 g/mol. The second-order valence-corrected chi connectivity index (χ2v) is 5.33. The van der Waals surface area contributed by atoms with Crippen LogP contribution < -0.4 is 11.1 Å². The number of carbonyl (C=O) groups is 1. The quantitative estimate of drug-likeness (QED) is 0.800. The molecule has 21 heavy (non-hydrogen) atoms. The molecule has 3 N–H and O–H groups in total. The third-order valence-electron chi connectivity index (χ3n) is 3.67. The molecule has 2 rings (SSSR count). The van der Waals surface area contributed by atoms with E-state index in [1.54, 1.807) is 0 Å². The maximum atomic E-state index is 11.9. The summed E-state index contributed by atoms with van der Waals surface area (Å²) in [7, 11) is 0. The predicted octanol–water partition coefficient (Wildman–Crippen LogP) is 3.12. The summed E-state index contributed by atoms with van der Waals surface area (Å²) in [5.41, 5.74) is 8.70. The molecule has 110 valence electrons. The second kappa shape index (κ2) is 7.48. The van der Waals surface area contributed by atoms with Crippen molar-refractivity contribution < 1.29 is 4.79 Å². The van der Waals surface area contributed by atoms with Gasteiger partial charge in [-0.2, -0.15) is 0 Å². The molecule has 3 nitrogen and oxygen atoms in total. The molecule has 0 heterocycles. The summed E-state index contributed by atoms with van der Waals surface area (Å²) in [5, 5.41) is 2.96. The molecule has 0 aliphatic rings. The maximum Gasteiger partial charge on any atom is 0.224 e. The topological polar surface area (TPSA) is 55.1 Å². The Morgan fingerprint density at radius 2 is 1.76 bits per heavy atom. The number of nitrogen functional groups attached to an aromatic ring is 1. The third-order valence-corrected chi connectivity index (χ3v) is 3.67. The zero-order valence-corrected chi connectivity index (χ0v) is 12.4. The Labute approximate surface area is 126 Å². The number of nitrogens with one attached hydrogen (secondary N) is 1. The van der Waals surface area contributed by atoms with E-state index in [4.69, 9.17) is 5.73 Å². The molecule has 1 unspecified atom stereocenters. The van der Waals surface area contributed by atoms with Crippen molar-refractivity contribution in [2.75, 3.05) is 12.3 Å². The maximum absolute atomic E-state index is 11.9. The third kappa shape index (κ3) is 4.63. The smallest absolute Gasteiger partial charge is 0.224 e. The summed E-state index contributed by atoms with van der Waals surface area (Å²) in [6.45, 7) is 2.86. The lowest BCUT2D eigenvalue weighted by molar-refractivity contribution is -0.120. The van der Waals surface area contributed by atoms with Crippen LogP contribution >= 0.6 is 0 Å². The van der Waals surface area contributed by atoms with Crippen LogP contribution in [0.3, 0.4) is 0 Å². The Morgan fingerprint density at radius 3 is 2.48 bits per heavy atom. The Hall–Kier alpha value is -2.29. The van der Waals surface area contributed by atoms with E-state index in [-0.39, 0.29) is 5.91 Å². The lowest BCUT2D eigenvalue weighted by Crippen LogP contribution is -2.27. The van der Waals surface area contributed by atoms with Crippen LogP contribution in [0.25, 0.3) is 0 Å². The summed E-state index contributed by atoms with van der Waals surface area (Å²) in [6, 6.07) is 17.8. The van der Waals surface area contributed by atoms with Crippen molar-refractivity contribution in [3.8, 4) is 0 Å². The molecule has 0 saturated heterocycles. The Balaban J connectivity index is 1.76. The van der Waals surface area contributed by atoms with Crippen LogP contribution in [0.15, 0.2) is 54.6 Å². The number of anilines is 1. The van der Waals surface area contributed by atoms with E-state index in [1.807, 2.05) is 42.5 Å². The van der Waals surface area contributed by atoms with Crippen molar-refractivity contribution in [2.24, 2.45) is 0 Å². The van der Waals surface area contributed by atoms with E-state index in [1.165, 1.54) is 5.56 Å². The van der Waals surface area contributed by atoms with Gasteiger partial charge in [-0.15, -0.1) is 0 Å². The molecule has 2 aromatic rings. The van der Waals surface area contributed by atoms with Crippen molar-refractivity contribution in [2.45, 2.75) is 25.7 Å². The number of para-hydroxylation sites is 1. The fourth-order valence-electron chi connectivity index (χ4n) is 2.31. The van der Waals surface area contributed by atoms with Crippen molar-refractivity contribution in [1.29, 1.82) is 0 Å². The Kier molecular flexibility index (Phi) is 5.38. The zero-order valence-electron chi connectivity index (χ0n) is 12.4. The van der Waals surface area contributed by atoms with E-state index in [0.29, 0.717) is 24.6 Å². The van der Waals surface area contributed by atoms with Crippen LogP contribution in [0.1, 0.15) is 30.4 Å². The summed E-state index contributed by atoms with van der Waals surface area (Å²) in [5.74, 6) is 0.460. The highest BCUT2D eigenvalue weighted by Crippen LogP contribution is 2.17. The number of benzene rings is 2. The molecular weight excluding hydrogens is 260 g/mol. The number of hydrogen-bond acceptors (Lipinski definition) is 2. The molecule has 3 heteroatoms. The largest absolute Gasteiger partial charge is 0.398 e. The molecule has 2 aromatic carbocycles. The lowest BCUT2D eigenvalue weighted by atomic mass is 9.98. The van der Waals surface area contributed by atoms with Gasteiger partial charge in [-0.25, -0.2) is 0 Å². The van der Waals surface area contributed by atoms with Gasteiger partial charge in [0.15, 0.2) is 0 Å². The van der Waals surface area contributed by atoms with E-state index < -0.39 is 0 Å². The highest BCUT2D eigenvalue weighted by Gasteiger charge is 2.08. The molecule has 0 aliphatic heterocycles. The number of carbonyl (C=O) groups excluding carboxylic acids is 1. The number of nitrogens with two attached hydrogens (primary N) is 1. The van der Waals surface area contributed by atoms with E-state index in [0.717, 1.165) is 12.0 Å². The molecule has 0 aromatic heterocycles. The van der Waals surface area contributed by atoms with Gasteiger partial charge in [0.05, 0.1) is 6.42 Å². The number of rotatable bonds is 6. The van der Waals surface area contributed by atoms with Gasteiger partial charge < -0.3 is 11.1 Å². The number of amides is 1. The van der Waals surface area contributed by atoms with Gasteiger partial charge in [0.2, 0.25) is 5.91 Å². The number of hydrogen-bond donors (Lipinski definition) is 2. The van der Waals surface area contributed by atoms with Crippen LogP contribution in [0.4, 0.5) is 5.69 Å². The minimum absolute atomic E-state index is 0.0214. The first-order valence-electron chi connectivity index (χ1n) is 7.32. The zero-order chi connectivity index (χ0) is 15.1. The molecule has 1 amide bonds. The summed E-state index contributed by atoms with van der Waals surface area (Å²) >= 11 is 0. The van der Waals surface area contributed by atoms with Gasteiger partial charge in [-0.1, -0.05) is 55.5 Å². The molecule has 0 spiro atoms. The van der Waals surface area contributed by atoms with Gasteiger partial charge >= 0.3 is 0 Å². The highest BCUT2D eigenvalue weighted by atomic mass is 16.1. The van der Waals surface area contributed by atoms with Crippen molar-refractivity contribution in [3.63, 3.8) is 0 Å². The molecule has 0 bridgehead atoms. The molecule has 0 fully saturated rings. The Bertz CT molecular complexity index is 581. The fraction of sp³-hybridized carbons (Fsp3) is 0.278. The highest BCUT2D eigenvalue weighted by molar-refractivity contribution is 5.80. The minimum Gasteiger partial charge on any atom is -0.398 e. The standard InChI is InChI=1S/C18H22N2O/c1-14(15-7-3-2-4-8-15)11-12-20-18(21)13-16-9-5-6-10-17(16)19/h2-10,14H,11-13,19H2,1H3,(H,20,21). The van der Waals surface area contributed by atoms with Crippen molar-refractivity contribution >= 4 is 11.6 Å². The van der Waals surface area contributed by atoms with Crippen LogP contribution in [0.2, 0.25) is 0 Å². The first-order chi connectivity index (χ1) is 10.2. The molecule has 1 atom stereocenters. The van der Waals surface area contributed by atoms with E-state index in [9.17, 15) is 4.79 Å². The summed E-state index contributed by atoms with van der Waals surface area (Å²) < 4.78 is 0. The average Bonchev–Trinajstić information content (AvgIpc) is 2.50. The summed E-state index contributed by atoms with van der Waals surface area (Å²) in [4.78, 5) is 11.9. The first kappa shape index (κ1) is 15.1. The van der Waals surface area contributed by atoms with Crippen LogP contribution in [0.5, 0.6) is 0 Å². The lowest BCUT2D eigenvalue weighted by Gasteiger charge is -2.12. The van der Waals surface area contributed by atoms with E-state index >= 15 is 0 Å². The van der Waals surface area contributed by atoms with Gasteiger partial charge in [-0.05, 0) is 29.5 Å². The summed E-state index contributed by atoms with van der Waals surface area (Å²) in [6.07, 6.45) is 1.27. The minimum atomic E-state index is 0.0214. The van der Waals surface area contributed by atoms with Crippen molar-refractivity contribution in [3.05, 3.63) is 65.7 Å². The fourth-order valence-corrected chi connectivity index (χ4v) is 2.31. The molecule has 0 aliphatic carbocycles. The molecule has 0 saturated carbocycles. The normalized spacial score (nSPS) is 11.9. The van der Waals surface area contributed by atoms with Gasteiger partial charge in [0.1, 0.15) is 0 Å². The second-order valence-electron chi connectivity index (χ2n) is 5.33. The van der Waals surface area contributed by atoms with Crippen molar-refractivity contribution in [1.82, 2.24) is 5.32 Å². The first-order valence-corrected chi connectivity index (χ1v) is 7.32. The Morgan fingerprint density at radius 1 is 1.10 bits per heavy atom. The SMILES string of the molecule is CC(CCNC(=O)Cc1ccccc1N)c1ccccc1. The van der Waals surface area contributed by atoms with Crippen LogP contribution in [0, 0.1) is 0 Å².